The zero-order valence-electron chi connectivity index (χ0n) is 38.6. The highest BCUT2D eigenvalue weighted by molar-refractivity contribution is 7.86. The van der Waals surface area contributed by atoms with Crippen LogP contribution in [-0.2, 0) is 39.9 Å². The molecule has 6 rings (SSSR count). The summed E-state index contributed by atoms with van der Waals surface area (Å²) in [6, 6.07) is 12.7. The van der Waals surface area contributed by atoms with Crippen molar-refractivity contribution in [3.8, 4) is 0 Å². The summed E-state index contributed by atoms with van der Waals surface area (Å²) in [7, 11) is -6.58. The van der Waals surface area contributed by atoms with E-state index in [1.54, 1.807) is 56.5 Å². The molecule has 0 aliphatic heterocycles. The Bertz CT molecular complexity index is 2770. The standard InChI is InChI=1S/C9H13NO3S.C9H12O3S.C8H9ClN4.C6H10N4.C6H9N3.C3H5ClO2/c1-6-4-7(2)9(8(3)5-6)14(11,12)13-10;1-6-4-7(2)9(8(3)5-6)13(10,11)12;1-5-3-6(2)13-8(10-5)11-7(4-9)12-13;1-4-3-5(2)10(8)6(7)9-4;1-4-3-5(2)9-6(7)8-4;1-6-3(5)2-4/h4-5H,10H2,1-3H3;4-5H,1-3H3,(H,10,11,12);3H,4H2,1-2H3;3,7H,8H2,1-2H3;3H,1-2H3,(H2,7,8,9);2H2,1H3. The van der Waals surface area contributed by atoms with Crippen molar-refractivity contribution in [1.29, 1.82) is 5.41 Å². The van der Waals surface area contributed by atoms with Gasteiger partial charge in [-0.05, 0) is 124 Å². The van der Waals surface area contributed by atoms with E-state index in [-0.39, 0.29) is 21.3 Å². The van der Waals surface area contributed by atoms with Gasteiger partial charge in [-0.15, -0.1) is 28.3 Å². The molecule has 0 radical (unpaired) electrons. The number of anilines is 1. The third-order valence-electron chi connectivity index (χ3n) is 8.27. The molecule has 0 amide bonds. The number of nitrogens with zero attached hydrogens (tertiary/aromatic N) is 8. The first-order valence-corrected chi connectivity index (χ1v) is 23.0. The average Bonchev–Trinajstić information content (AvgIpc) is 3.59. The molecule has 8 N–H and O–H groups in total. The number of hydrogen-bond acceptors (Lipinski definition) is 17. The molecule has 65 heavy (non-hydrogen) atoms. The van der Waals surface area contributed by atoms with E-state index in [9.17, 15) is 21.6 Å². The summed E-state index contributed by atoms with van der Waals surface area (Å²) in [5, 5.41) is 11.4. The zero-order valence-corrected chi connectivity index (χ0v) is 41.8. The summed E-state index contributed by atoms with van der Waals surface area (Å²) in [6.45, 7) is 21.9. The van der Waals surface area contributed by atoms with Gasteiger partial charge in [0.05, 0.1) is 17.9 Å². The molecule has 0 bridgehead atoms. The Morgan fingerprint density at radius 1 is 0.692 bits per heavy atom. The molecule has 4 heterocycles. The number of nitrogen functional groups attached to an aromatic ring is 2. The molecule has 356 valence electrons. The Labute approximate surface area is 389 Å². The van der Waals surface area contributed by atoms with E-state index in [2.05, 4.69) is 39.0 Å². The van der Waals surface area contributed by atoms with Gasteiger partial charge in [0.1, 0.15) is 10.8 Å². The lowest BCUT2D eigenvalue weighted by atomic mass is 10.1. The Morgan fingerprint density at radius 3 is 1.49 bits per heavy atom. The minimum Gasteiger partial charge on any atom is -0.468 e. The van der Waals surface area contributed by atoms with E-state index in [1.165, 1.54) is 11.8 Å². The van der Waals surface area contributed by atoms with Gasteiger partial charge in [0.25, 0.3) is 15.9 Å². The van der Waals surface area contributed by atoms with Gasteiger partial charge in [-0.3, -0.25) is 14.8 Å². The van der Waals surface area contributed by atoms with E-state index in [4.69, 9.17) is 50.6 Å². The van der Waals surface area contributed by atoms with Crippen molar-refractivity contribution >= 4 is 61.1 Å². The molecule has 24 heteroatoms. The van der Waals surface area contributed by atoms with Crippen LogP contribution in [0.2, 0.25) is 0 Å². The van der Waals surface area contributed by atoms with Crippen molar-refractivity contribution in [2.75, 3.05) is 24.6 Å². The fraction of sp³-hybridized carbons (Fsp3) is 0.366. The third kappa shape index (κ3) is 18.8. The molecule has 0 aliphatic carbocycles. The number of benzene rings is 2. The van der Waals surface area contributed by atoms with Crippen LogP contribution < -0.4 is 23.1 Å². The molecule has 4 aromatic heterocycles. The molecule has 2 aromatic carbocycles. The monoisotopic (exact) mass is 980 g/mol. The van der Waals surface area contributed by atoms with Crippen molar-refractivity contribution in [3.05, 3.63) is 121 Å². The molecule has 0 unspecified atom stereocenters. The maximum atomic E-state index is 11.4. The molecular formula is C41H58Cl2N12O8S2. The number of carbonyl (C=O) groups excluding carboxylic acids is 1. The van der Waals surface area contributed by atoms with Crippen LogP contribution in [-0.4, -0.2) is 79.6 Å². The first-order valence-electron chi connectivity index (χ1n) is 19.1. The molecule has 0 saturated heterocycles. The zero-order chi connectivity index (χ0) is 50.1. The van der Waals surface area contributed by atoms with E-state index in [1.807, 2.05) is 73.6 Å². The summed E-state index contributed by atoms with van der Waals surface area (Å²) in [4.78, 5) is 30.0. The van der Waals surface area contributed by atoms with Crippen LogP contribution in [0.1, 0.15) is 73.4 Å². The van der Waals surface area contributed by atoms with Crippen LogP contribution in [0.3, 0.4) is 0 Å². The molecule has 0 aliphatic rings. The number of hydrogen-bond donors (Lipinski definition) is 5. The lowest BCUT2D eigenvalue weighted by Crippen LogP contribution is -2.31. The number of fused-ring (bicyclic) bond motifs is 1. The number of halogens is 2. The number of aryl methyl sites for hydroxylation is 12. The summed E-state index contributed by atoms with van der Waals surface area (Å²) in [6.07, 6.45) is 0. The summed E-state index contributed by atoms with van der Waals surface area (Å²) in [5.41, 5.74) is 15.4. The van der Waals surface area contributed by atoms with E-state index in [0.29, 0.717) is 45.7 Å². The first-order chi connectivity index (χ1) is 30.0. The second kappa shape index (κ2) is 25.8. The van der Waals surface area contributed by atoms with Crippen LogP contribution in [0.5, 0.6) is 0 Å². The summed E-state index contributed by atoms with van der Waals surface area (Å²) < 4.78 is 64.7. The van der Waals surface area contributed by atoms with Crippen LogP contribution in [0.25, 0.3) is 5.78 Å². The fourth-order valence-corrected chi connectivity index (χ4v) is 8.20. The Morgan fingerprint density at radius 2 is 1.12 bits per heavy atom. The lowest BCUT2D eigenvalue weighted by molar-refractivity contribution is -0.137. The Kier molecular flexibility index (Phi) is 22.7. The van der Waals surface area contributed by atoms with Crippen molar-refractivity contribution in [3.63, 3.8) is 0 Å². The number of rotatable bonds is 5. The van der Waals surface area contributed by atoms with Crippen LogP contribution in [0, 0.1) is 88.5 Å². The molecule has 0 saturated carbocycles. The van der Waals surface area contributed by atoms with Gasteiger partial charge in [-0.25, -0.2) is 29.1 Å². The number of aromatic nitrogens is 8. The molecule has 20 nitrogen and oxygen atoms in total. The predicted molar refractivity (Wildman–Crippen MR) is 250 cm³/mol. The predicted octanol–water partition coefficient (Wildman–Crippen LogP) is 5.30. The second-order valence-electron chi connectivity index (χ2n) is 14.3. The van der Waals surface area contributed by atoms with Crippen molar-refractivity contribution in [1.82, 2.24) is 39.2 Å². The van der Waals surface area contributed by atoms with Crippen LogP contribution >= 0.6 is 23.2 Å². The van der Waals surface area contributed by atoms with Crippen LogP contribution in [0.4, 0.5) is 5.95 Å². The minimum absolute atomic E-state index is 0.0260. The Balaban J connectivity index is 0.000000397. The topological polar surface area (TPSA) is 313 Å². The van der Waals surface area contributed by atoms with E-state index in [0.717, 1.165) is 45.3 Å². The van der Waals surface area contributed by atoms with Crippen molar-refractivity contribution < 1.29 is 35.2 Å². The number of ether oxygens (including phenoxy) is 1. The van der Waals surface area contributed by atoms with Gasteiger partial charge < -0.3 is 16.3 Å². The fourth-order valence-electron chi connectivity index (χ4n) is 6.05. The number of carbonyl (C=O) groups is 1. The number of alkyl halides is 2. The quantitative estimate of drug-likeness (QED) is 0.0481. The summed E-state index contributed by atoms with van der Waals surface area (Å²) >= 11 is 10.6. The van der Waals surface area contributed by atoms with Gasteiger partial charge in [-0.2, -0.15) is 32.0 Å². The van der Waals surface area contributed by atoms with Crippen molar-refractivity contribution in [2.24, 2.45) is 5.90 Å². The number of methoxy groups -OCH3 is 1. The van der Waals surface area contributed by atoms with E-state index >= 15 is 0 Å². The Hall–Kier alpha value is -5.62. The van der Waals surface area contributed by atoms with Crippen molar-refractivity contribution in [2.45, 2.75) is 98.8 Å². The van der Waals surface area contributed by atoms with Gasteiger partial charge >= 0.3 is 16.1 Å². The molecule has 6 aromatic rings. The minimum atomic E-state index is -4.08. The average molecular weight is 982 g/mol. The normalized spacial score (nSPS) is 10.6. The van der Waals surface area contributed by atoms with Crippen LogP contribution in [0.15, 0.2) is 52.3 Å². The lowest BCUT2D eigenvalue weighted by Gasteiger charge is -2.09. The smallest absolute Gasteiger partial charge is 0.320 e. The number of nitrogens with two attached hydrogens (primary N) is 3. The van der Waals surface area contributed by atoms with Gasteiger partial charge in [-0.1, -0.05) is 35.4 Å². The first kappa shape index (κ1) is 57.4. The molecule has 0 spiro atoms. The summed E-state index contributed by atoms with van der Waals surface area (Å²) in [5.74, 6) is 11.6. The molecular weight excluding hydrogens is 924 g/mol. The molecule has 0 atom stereocenters. The highest BCUT2D eigenvalue weighted by atomic mass is 35.5. The van der Waals surface area contributed by atoms with Gasteiger partial charge in [0, 0.05) is 34.2 Å². The third-order valence-corrected chi connectivity index (χ3v) is 11.3. The highest BCUT2D eigenvalue weighted by Gasteiger charge is 2.20. The van der Waals surface area contributed by atoms with E-state index < -0.39 is 26.2 Å². The van der Waals surface area contributed by atoms with Gasteiger partial charge in [0.2, 0.25) is 11.6 Å². The SMILES string of the molecule is COC(=O)CCl.Cc1cc(C)c(S(=O)(=O)O)c(C)c1.Cc1cc(C)c(S(=O)(=O)ON)c(C)c1.Cc1cc(C)n(N)c(=N)n1.Cc1cc(C)n2nc(CCl)nc2n1.Cc1cc(C)nc(N)n1. The van der Waals surface area contributed by atoms with Gasteiger partial charge in [0.15, 0.2) is 5.82 Å². The maximum Gasteiger partial charge on any atom is 0.320 e. The second-order valence-corrected chi connectivity index (χ2v) is 17.7. The highest BCUT2D eigenvalue weighted by Crippen LogP contribution is 2.23. The maximum absolute atomic E-state index is 11.4. The molecule has 0 fully saturated rings. The largest absolute Gasteiger partial charge is 0.468 e. The number of nitrogens with one attached hydrogen (secondary N) is 1. The number of esters is 1.